The number of hydrogen-bond acceptors (Lipinski definition) is 4. The first kappa shape index (κ1) is 15.5. The molecule has 0 aliphatic rings. The molecule has 0 unspecified atom stereocenters. The number of hydrogen-bond donors (Lipinski definition) is 2. The minimum Gasteiger partial charge on any atom is -0.370 e. The fourth-order valence-electron chi connectivity index (χ4n) is 1.78. The summed E-state index contributed by atoms with van der Waals surface area (Å²) in [6, 6.07) is 6.37. The Morgan fingerprint density at radius 1 is 1.14 bits per heavy atom. The van der Waals surface area contributed by atoms with Gasteiger partial charge < -0.3 is 10.6 Å². The number of benzene rings is 1. The molecule has 0 radical (unpaired) electrons. The van der Waals surface area contributed by atoms with Crippen LogP contribution < -0.4 is 10.6 Å². The highest BCUT2D eigenvalue weighted by molar-refractivity contribution is 6.30. The molecule has 4 nitrogen and oxygen atoms in total. The summed E-state index contributed by atoms with van der Waals surface area (Å²) in [6.07, 6.45) is 1.74. The van der Waals surface area contributed by atoms with E-state index in [0.717, 1.165) is 31.0 Å². The van der Waals surface area contributed by atoms with Gasteiger partial charge in [-0.05, 0) is 24.6 Å². The number of nitrogens with zero attached hydrogens (tertiary/aromatic N) is 2. The number of aromatic nitrogens is 2. The number of anilines is 3. The normalized spacial score (nSPS) is 10.5. The molecule has 2 N–H and O–H groups in total. The van der Waals surface area contributed by atoms with Crippen molar-refractivity contribution in [3.05, 3.63) is 40.9 Å². The van der Waals surface area contributed by atoms with E-state index in [-0.39, 0.29) is 5.02 Å². The highest BCUT2D eigenvalue weighted by atomic mass is 35.5. The fraction of sp³-hybridized carbons (Fsp3) is 0.333. The highest BCUT2D eigenvalue weighted by Crippen LogP contribution is 2.22. The lowest BCUT2D eigenvalue weighted by Gasteiger charge is -2.11. The van der Waals surface area contributed by atoms with Crippen molar-refractivity contribution in [1.82, 2.24) is 9.97 Å². The third kappa shape index (κ3) is 4.29. The second kappa shape index (κ2) is 7.22. The van der Waals surface area contributed by atoms with E-state index in [1.807, 2.05) is 6.92 Å². The molecule has 0 atom stereocenters. The zero-order chi connectivity index (χ0) is 15.2. The van der Waals surface area contributed by atoms with Gasteiger partial charge in [-0.1, -0.05) is 25.4 Å². The van der Waals surface area contributed by atoms with Gasteiger partial charge in [-0.25, -0.2) is 14.4 Å². The van der Waals surface area contributed by atoms with Crippen LogP contribution in [-0.2, 0) is 6.42 Å². The quantitative estimate of drug-likeness (QED) is 0.830. The maximum Gasteiger partial charge on any atom is 0.143 e. The third-order valence-electron chi connectivity index (χ3n) is 2.84. The fourth-order valence-corrected chi connectivity index (χ4v) is 1.90. The summed E-state index contributed by atoms with van der Waals surface area (Å²) < 4.78 is 13.5. The van der Waals surface area contributed by atoms with E-state index in [1.165, 1.54) is 12.1 Å². The van der Waals surface area contributed by atoms with Gasteiger partial charge in [0.15, 0.2) is 0 Å². The Balaban J connectivity index is 2.23. The molecule has 0 bridgehead atoms. The first-order chi connectivity index (χ1) is 10.1. The lowest BCUT2D eigenvalue weighted by molar-refractivity contribution is 0.629. The summed E-state index contributed by atoms with van der Waals surface area (Å²) in [4.78, 5) is 8.79. The monoisotopic (exact) mass is 308 g/mol. The van der Waals surface area contributed by atoms with Crippen LogP contribution in [0, 0.1) is 5.82 Å². The van der Waals surface area contributed by atoms with E-state index in [9.17, 15) is 4.39 Å². The maximum absolute atomic E-state index is 13.5. The molecule has 0 spiro atoms. The van der Waals surface area contributed by atoms with Crippen molar-refractivity contribution in [3.8, 4) is 0 Å². The SMILES string of the molecule is CCCNc1cc(Nc2ccc(Cl)c(F)c2)nc(CC)n1. The number of halogens is 2. The van der Waals surface area contributed by atoms with Crippen molar-refractivity contribution in [2.75, 3.05) is 17.2 Å². The van der Waals surface area contributed by atoms with Gasteiger partial charge >= 0.3 is 0 Å². The molecule has 0 saturated carbocycles. The largest absolute Gasteiger partial charge is 0.370 e. The Bertz CT molecular complexity index is 619. The number of nitrogens with one attached hydrogen (secondary N) is 2. The maximum atomic E-state index is 13.5. The van der Waals surface area contributed by atoms with Crippen LogP contribution in [0.3, 0.4) is 0 Å². The van der Waals surface area contributed by atoms with Crippen LogP contribution in [0.15, 0.2) is 24.3 Å². The van der Waals surface area contributed by atoms with Gasteiger partial charge in [-0.2, -0.15) is 0 Å². The predicted octanol–water partition coefficient (Wildman–Crippen LogP) is 4.40. The van der Waals surface area contributed by atoms with Crippen molar-refractivity contribution in [3.63, 3.8) is 0 Å². The Labute approximate surface area is 128 Å². The first-order valence-corrected chi connectivity index (χ1v) is 7.34. The molecule has 2 rings (SSSR count). The lowest BCUT2D eigenvalue weighted by Crippen LogP contribution is -2.06. The predicted molar refractivity (Wildman–Crippen MR) is 84.9 cm³/mol. The zero-order valence-corrected chi connectivity index (χ0v) is 12.8. The Morgan fingerprint density at radius 2 is 1.90 bits per heavy atom. The van der Waals surface area contributed by atoms with Gasteiger partial charge in [-0.15, -0.1) is 0 Å². The van der Waals surface area contributed by atoms with Crippen LogP contribution in [-0.4, -0.2) is 16.5 Å². The van der Waals surface area contributed by atoms with Gasteiger partial charge in [0.1, 0.15) is 23.3 Å². The molecule has 0 aliphatic carbocycles. The molecule has 21 heavy (non-hydrogen) atoms. The average Bonchev–Trinajstić information content (AvgIpc) is 2.48. The van der Waals surface area contributed by atoms with E-state index in [2.05, 4.69) is 27.5 Å². The van der Waals surface area contributed by atoms with Crippen LogP contribution >= 0.6 is 11.6 Å². The van der Waals surface area contributed by atoms with E-state index in [4.69, 9.17) is 11.6 Å². The van der Waals surface area contributed by atoms with Crippen molar-refractivity contribution in [2.24, 2.45) is 0 Å². The van der Waals surface area contributed by atoms with Gasteiger partial charge in [0, 0.05) is 24.7 Å². The minimum absolute atomic E-state index is 0.0998. The van der Waals surface area contributed by atoms with Gasteiger partial charge in [0.25, 0.3) is 0 Å². The summed E-state index contributed by atoms with van der Waals surface area (Å²) >= 11 is 5.68. The smallest absolute Gasteiger partial charge is 0.143 e. The molecular formula is C15H18ClFN4. The average molecular weight is 309 g/mol. The molecule has 0 amide bonds. The summed E-state index contributed by atoms with van der Waals surface area (Å²) in [5.41, 5.74) is 0.596. The highest BCUT2D eigenvalue weighted by Gasteiger charge is 2.06. The van der Waals surface area contributed by atoms with E-state index < -0.39 is 5.82 Å². The lowest BCUT2D eigenvalue weighted by atomic mass is 10.3. The van der Waals surface area contributed by atoms with Crippen molar-refractivity contribution < 1.29 is 4.39 Å². The topological polar surface area (TPSA) is 49.8 Å². The first-order valence-electron chi connectivity index (χ1n) is 6.96. The van der Waals surface area contributed by atoms with Crippen LogP contribution in [0.25, 0.3) is 0 Å². The summed E-state index contributed by atoms with van der Waals surface area (Å²) in [7, 11) is 0. The van der Waals surface area contributed by atoms with Crippen LogP contribution in [0.2, 0.25) is 5.02 Å². The van der Waals surface area contributed by atoms with Crippen molar-refractivity contribution in [2.45, 2.75) is 26.7 Å². The molecule has 6 heteroatoms. The molecule has 1 aromatic heterocycles. The van der Waals surface area contributed by atoms with Crippen molar-refractivity contribution >= 4 is 28.9 Å². The molecule has 0 saturated heterocycles. The second-order valence-corrected chi connectivity index (χ2v) is 5.00. The van der Waals surface area contributed by atoms with E-state index >= 15 is 0 Å². The second-order valence-electron chi connectivity index (χ2n) is 4.59. The summed E-state index contributed by atoms with van der Waals surface area (Å²) in [6.45, 7) is 4.92. The Hall–Kier alpha value is -1.88. The van der Waals surface area contributed by atoms with Gasteiger partial charge in [0.05, 0.1) is 5.02 Å². The summed E-state index contributed by atoms with van der Waals surface area (Å²) in [5.74, 6) is 1.66. The van der Waals surface area contributed by atoms with E-state index in [0.29, 0.717) is 11.5 Å². The Kier molecular flexibility index (Phi) is 5.33. The van der Waals surface area contributed by atoms with Crippen molar-refractivity contribution in [1.29, 1.82) is 0 Å². The van der Waals surface area contributed by atoms with Crippen LogP contribution in [0.1, 0.15) is 26.1 Å². The third-order valence-corrected chi connectivity index (χ3v) is 3.14. The molecule has 112 valence electrons. The molecule has 1 heterocycles. The Morgan fingerprint density at radius 3 is 2.57 bits per heavy atom. The minimum atomic E-state index is -0.462. The van der Waals surface area contributed by atoms with Gasteiger partial charge in [-0.3, -0.25) is 0 Å². The number of rotatable bonds is 6. The molecule has 0 fully saturated rings. The standard InChI is InChI=1S/C15H18ClFN4/c1-3-7-18-14-9-15(21-13(4-2)20-14)19-10-5-6-11(16)12(17)8-10/h5-6,8-9H,3-4,7H2,1-2H3,(H2,18,19,20,21). The molecule has 1 aromatic carbocycles. The molecular weight excluding hydrogens is 291 g/mol. The zero-order valence-electron chi connectivity index (χ0n) is 12.1. The van der Waals surface area contributed by atoms with Gasteiger partial charge in [0.2, 0.25) is 0 Å². The summed E-state index contributed by atoms with van der Waals surface area (Å²) in [5, 5.41) is 6.40. The van der Waals surface area contributed by atoms with Crippen LogP contribution in [0.5, 0.6) is 0 Å². The number of aryl methyl sites for hydroxylation is 1. The van der Waals surface area contributed by atoms with E-state index in [1.54, 1.807) is 12.1 Å². The van der Waals surface area contributed by atoms with Crippen LogP contribution in [0.4, 0.5) is 21.7 Å². The molecule has 0 aliphatic heterocycles. The molecule has 2 aromatic rings.